The smallest absolute Gasteiger partial charge is 0.142 e. The third-order valence-electron chi connectivity index (χ3n) is 4.54. The van der Waals surface area contributed by atoms with Gasteiger partial charge in [-0.15, -0.1) is 0 Å². The molecule has 0 amide bonds. The Morgan fingerprint density at radius 1 is 1.37 bits per heavy atom. The van der Waals surface area contributed by atoms with Crippen LogP contribution in [0.4, 0.5) is 0 Å². The second kappa shape index (κ2) is 4.88. The summed E-state index contributed by atoms with van der Waals surface area (Å²) in [4.78, 5) is 3.46. The molecular formula is C16H21NOS. The summed E-state index contributed by atoms with van der Waals surface area (Å²) in [5.41, 5.74) is 1.11. The van der Waals surface area contributed by atoms with E-state index in [4.69, 9.17) is 17.0 Å². The van der Waals surface area contributed by atoms with Crippen LogP contribution in [0.3, 0.4) is 0 Å². The second-order valence-electron chi connectivity index (χ2n) is 5.61. The van der Waals surface area contributed by atoms with Gasteiger partial charge < -0.3 is 9.64 Å². The highest BCUT2D eigenvalue weighted by Crippen LogP contribution is 2.48. The Morgan fingerprint density at radius 2 is 2.11 bits per heavy atom. The maximum atomic E-state index is 6.51. The van der Waals surface area contributed by atoms with Crippen molar-refractivity contribution < 1.29 is 4.74 Å². The zero-order chi connectivity index (χ0) is 13.5. The topological polar surface area (TPSA) is 12.5 Å². The molecule has 3 heteroatoms. The molecule has 3 atom stereocenters. The predicted octanol–water partition coefficient (Wildman–Crippen LogP) is 4.07. The minimum atomic E-state index is -0.157. The van der Waals surface area contributed by atoms with Crippen LogP contribution in [0.2, 0.25) is 0 Å². The van der Waals surface area contributed by atoms with Crippen LogP contribution in [0, 0.1) is 0 Å². The van der Waals surface area contributed by atoms with Crippen molar-refractivity contribution >= 4 is 17.2 Å². The van der Waals surface area contributed by atoms with Gasteiger partial charge in [0.25, 0.3) is 0 Å². The van der Waals surface area contributed by atoms with Gasteiger partial charge in [0.2, 0.25) is 0 Å². The Balaban J connectivity index is 1.97. The normalized spacial score (nSPS) is 34.4. The molecule has 0 radical (unpaired) electrons. The van der Waals surface area contributed by atoms with Crippen LogP contribution in [0.15, 0.2) is 30.3 Å². The van der Waals surface area contributed by atoms with E-state index in [1.165, 1.54) is 5.56 Å². The van der Waals surface area contributed by atoms with Gasteiger partial charge in [0.05, 0.1) is 11.0 Å². The van der Waals surface area contributed by atoms with Crippen molar-refractivity contribution in [3.8, 4) is 0 Å². The van der Waals surface area contributed by atoms with E-state index in [2.05, 4.69) is 49.1 Å². The molecule has 2 aliphatic rings. The van der Waals surface area contributed by atoms with Gasteiger partial charge >= 0.3 is 0 Å². The Morgan fingerprint density at radius 3 is 2.74 bits per heavy atom. The molecule has 0 spiro atoms. The Kier molecular flexibility index (Phi) is 3.35. The fraction of sp³-hybridized carbons (Fsp3) is 0.562. The van der Waals surface area contributed by atoms with Crippen molar-refractivity contribution in [2.75, 3.05) is 0 Å². The number of hydrogen-bond acceptors (Lipinski definition) is 2. The highest BCUT2D eigenvalue weighted by atomic mass is 32.1. The first kappa shape index (κ1) is 13.1. The van der Waals surface area contributed by atoms with Crippen molar-refractivity contribution in [2.24, 2.45) is 0 Å². The fourth-order valence-corrected chi connectivity index (χ4v) is 4.06. The lowest BCUT2D eigenvalue weighted by Crippen LogP contribution is -2.52. The average Bonchev–Trinajstić information content (AvgIpc) is 2.75. The Labute approximate surface area is 120 Å². The van der Waals surface area contributed by atoms with Crippen LogP contribution in [0.25, 0.3) is 0 Å². The van der Waals surface area contributed by atoms with Gasteiger partial charge in [0, 0.05) is 0 Å². The van der Waals surface area contributed by atoms with Crippen molar-refractivity contribution in [1.82, 2.24) is 4.90 Å². The van der Waals surface area contributed by atoms with Crippen molar-refractivity contribution in [1.29, 1.82) is 0 Å². The van der Waals surface area contributed by atoms with E-state index < -0.39 is 0 Å². The molecule has 0 aliphatic carbocycles. The quantitative estimate of drug-likeness (QED) is 0.755. The number of hydrogen-bond donors (Lipinski definition) is 0. The number of piperidine rings is 1. The van der Waals surface area contributed by atoms with Gasteiger partial charge in [-0.05, 0) is 38.2 Å². The monoisotopic (exact) mass is 275 g/mol. The Bertz CT molecular complexity index is 475. The van der Waals surface area contributed by atoms with Crippen LogP contribution in [0.5, 0.6) is 0 Å². The largest absolute Gasteiger partial charge is 0.346 e. The lowest BCUT2D eigenvalue weighted by molar-refractivity contribution is -0.0986. The minimum Gasteiger partial charge on any atom is -0.346 e. The summed E-state index contributed by atoms with van der Waals surface area (Å²) in [5.74, 6) is 0. The molecule has 2 heterocycles. The van der Waals surface area contributed by atoms with Crippen molar-refractivity contribution in [2.45, 2.75) is 57.4 Å². The molecule has 0 bridgehead atoms. The van der Waals surface area contributed by atoms with Gasteiger partial charge in [-0.2, -0.15) is 0 Å². The molecule has 0 aromatic heterocycles. The summed E-state index contributed by atoms with van der Waals surface area (Å²) >= 11 is 5.61. The molecule has 2 fully saturated rings. The maximum Gasteiger partial charge on any atom is 0.142 e. The lowest BCUT2D eigenvalue weighted by atomic mass is 9.95. The third-order valence-corrected chi connectivity index (χ3v) is 4.94. The molecule has 1 aromatic carbocycles. The lowest BCUT2D eigenvalue weighted by Gasteiger charge is -2.43. The van der Waals surface area contributed by atoms with E-state index in [1.807, 2.05) is 0 Å². The zero-order valence-electron chi connectivity index (χ0n) is 11.6. The SMILES string of the molecule is CC[C@@]12CCCC(=S)N1[C@@H](C)[C@@H](c1ccccc1)O2. The molecule has 0 unspecified atom stereocenters. The first-order chi connectivity index (χ1) is 9.18. The van der Waals surface area contributed by atoms with E-state index in [9.17, 15) is 0 Å². The Hall–Kier alpha value is -0.930. The molecule has 19 heavy (non-hydrogen) atoms. The molecule has 2 aliphatic heterocycles. The number of rotatable bonds is 2. The number of ether oxygens (including phenoxy) is 1. The van der Waals surface area contributed by atoms with Crippen LogP contribution in [-0.2, 0) is 4.74 Å². The third kappa shape index (κ3) is 2.00. The highest BCUT2D eigenvalue weighted by molar-refractivity contribution is 7.80. The number of nitrogens with zero attached hydrogens (tertiary/aromatic N) is 1. The number of thiocarbonyl (C=S) groups is 1. The van der Waals surface area contributed by atoms with Gasteiger partial charge in [-0.3, -0.25) is 0 Å². The molecule has 1 aromatic rings. The van der Waals surface area contributed by atoms with E-state index in [0.29, 0.717) is 6.04 Å². The van der Waals surface area contributed by atoms with Gasteiger partial charge in [0.1, 0.15) is 11.8 Å². The van der Waals surface area contributed by atoms with Gasteiger partial charge in [0.15, 0.2) is 0 Å². The molecule has 2 nitrogen and oxygen atoms in total. The van der Waals surface area contributed by atoms with Crippen LogP contribution in [0.1, 0.15) is 51.2 Å². The number of benzene rings is 1. The van der Waals surface area contributed by atoms with Gasteiger partial charge in [-0.1, -0.05) is 49.5 Å². The number of fused-ring (bicyclic) bond motifs is 1. The minimum absolute atomic E-state index is 0.136. The second-order valence-corrected chi connectivity index (χ2v) is 6.08. The summed E-state index contributed by atoms with van der Waals surface area (Å²) in [5, 5.41) is 0. The summed E-state index contributed by atoms with van der Waals surface area (Å²) in [6.45, 7) is 4.45. The zero-order valence-corrected chi connectivity index (χ0v) is 12.5. The van der Waals surface area contributed by atoms with Crippen molar-refractivity contribution in [3.63, 3.8) is 0 Å². The summed E-state index contributed by atoms with van der Waals surface area (Å²) < 4.78 is 6.51. The molecule has 0 saturated carbocycles. The van der Waals surface area contributed by atoms with Crippen LogP contribution < -0.4 is 0 Å². The maximum absolute atomic E-state index is 6.51. The molecule has 3 rings (SSSR count). The summed E-state index contributed by atoms with van der Waals surface area (Å²) in [6, 6.07) is 10.9. The van der Waals surface area contributed by atoms with E-state index >= 15 is 0 Å². The highest BCUT2D eigenvalue weighted by Gasteiger charge is 2.52. The molecule has 0 N–H and O–H groups in total. The summed E-state index contributed by atoms with van der Waals surface area (Å²) in [7, 11) is 0. The fourth-order valence-electron chi connectivity index (χ4n) is 3.59. The molecule has 102 valence electrons. The first-order valence-electron chi connectivity index (χ1n) is 7.23. The average molecular weight is 275 g/mol. The van der Waals surface area contributed by atoms with Crippen LogP contribution >= 0.6 is 12.2 Å². The van der Waals surface area contributed by atoms with E-state index in [0.717, 1.165) is 30.7 Å². The van der Waals surface area contributed by atoms with Crippen molar-refractivity contribution in [3.05, 3.63) is 35.9 Å². The van der Waals surface area contributed by atoms with Crippen LogP contribution in [-0.4, -0.2) is 21.7 Å². The molecule has 2 saturated heterocycles. The van der Waals surface area contributed by atoms with E-state index in [-0.39, 0.29) is 11.8 Å². The standard InChI is InChI=1S/C16H21NOS/c1-3-16-11-7-10-14(19)17(16)12(2)15(18-16)13-8-5-4-6-9-13/h4-6,8-9,12,15H,3,7,10-11H2,1-2H3/t12-,15-,16+/m0/s1. The molecular weight excluding hydrogens is 254 g/mol. The van der Waals surface area contributed by atoms with E-state index in [1.54, 1.807) is 0 Å². The van der Waals surface area contributed by atoms with Gasteiger partial charge in [-0.25, -0.2) is 0 Å². The predicted molar refractivity (Wildman–Crippen MR) is 81.0 cm³/mol. The summed E-state index contributed by atoms with van der Waals surface area (Å²) in [6.07, 6.45) is 4.42. The first-order valence-corrected chi connectivity index (χ1v) is 7.64.